The van der Waals surface area contributed by atoms with Gasteiger partial charge in [0.1, 0.15) is 0 Å². The number of methoxy groups -OCH3 is 3. The monoisotopic (exact) mass is 304 g/mol. The third kappa shape index (κ3) is 2.77. The number of esters is 1. The van der Waals surface area contributed by atoms with Crippen LogP contribution in [0.4, 0.5) is 0 Å². The summed E-state index contributed by atoms with van der Waals surface area (Å²) in [6.45, 7) is 1.95. The van der Waals surface area contributed by atoms with Gasteiger partial charge in [-0.05, 0) is 13.0 Å². The molecular weight excluding hydrogens is 284 g/mol. The Morgan fingerprint density at radius 2 is 1.95 bits per heavy atom. The predicted molar refractivity (Wildman–Crippen MR) is 82.2 cm³/mol. The van der Waals surface area contributed by atoms with Gasteiger partial charge in [0.25, 0.3) is 0 Å². The largest absolute Gasteiger partial charge is 0.493 e. The lowest BCUT2D eigenvalue weighted by Crippen LogP contribution is -2.06. The van der Waals surface area contributed by atoms with Gasteiger partial charge in [-0.3, -0.25) is 9.48 Å². The van der Waals surface area contributed by atoms with Crippen molar-refractivity contribution < 1.29 is 19.0 Å². The van der Waals surface area contributed by atoms with Gasteiger partial charge in [-0.15, -0.1) is 0 Å². The minimum atomic E-state index is -0.332. The van der Waals surface area contributed by atoms with E-state index in [0.717, 1.165) is 16.8 Å². The van der Waals surface area contributed by atoms with Crippen molar-refractivity contribution in [2.75, 3.05) is 21.3 Å². The first-order chi connectivity index (χ1) is 10.5. The third-order valence-corrected chi connectivity index (χ3v) is 3.62. The molecule has 0 unspecified atom stereocenters. The fourth-order valence-corrected chi connectivity index (χ4v) is 2.44. The van der Waals surface area contributed by atoms with E-state index >= 15 is 0 Å². The molecule has 0 saturated heterocycles. The molecule has 0 N–H and O–H groups in total. The van der Waals surface area contributed by atoms with Gasteiger partial charge in [0, 0.05) is 23.9 Å². The molecule has 0 aliphatic rings. The molecule has 0 atom stereocenters. The van der Waals surface area contributed by atoms with Gasteiger partial charge in [-0.1, -0.05) is 12.1 Å². The topological polar surface area (TPSA) is 62.6 Å². The van der Waals surface area contributed by atoms with Gasteiger partial charge in [-0.25, -0.2) is 0 Å². The zero-order valence-electron chi connectivity index (χ0n) is 13.5. The van der Waals surface area contributed by atoms with Crippen LogP contribution in [0.3, 0.4) is 0 Å². The molecule has 0 amide bonds. The number of aryl methyl sites for hydroxylation is 1. The lowest BCUT2D eigenvalue weighted by atomic mass is 10.0. The molecule has 2 aromatic rings. The van der Waals surface area contributed by atoms with Crippen molar-refractivity contribution in [1.82, 2.24) is 9.78 Å². The van der Waals surface area contributed by atoms with E-state index in [1.807, 2.05) is 32.2 Å². The van der Waals surface area contributed by atoms with E-state index < -0.39 is 0 Å². The van der Waals surface area contributed by atoms with Crippen molar-refractivity contribution in [3.05, 3.63) is 29.6 Å². The highest BCUT2D eigenvalue weighted by atomic mass is 16.5. The molecule has 0 saturated carbocycles. The number of hydrogen-bond donors (Lipinski definition) is 0. The Morgan fingerprint density at radius 1 is 1.23 bits per heavy atom. The van der Waals surface area contributed by atoms with Crippen molar-refractivity contribution in [3.8, 4) is 22.6 Å². The van der Waals surface area contributed by atoms with Crippen LogP contribution in [0.1, 0.15) is 11.4 Å². The summed E-state index contributed by atoms with van der Waals surface area (Å²) in [6.07, 6.45) is 0.105. The molecule has 1 aromatic heterocycles. The number of hydrogen-bond acceptors (Lipinski definition) is 5. The highest BCUT2D eigenvalue weighted by Crippen LogP contribution is 2.40. The summed E-state index contributed by atoms with van der Waals surface area (Å²) in [5, 5.41) is 4.42. The van der Waals surface area contributed by atoms with Gasteiger partial charge < -0.3 is 14.2 Å². The molecular formula is C16H20N2O4. The maximum atomic E-state index is 11.6. The van der Waals surface area contributed by atoms with Crippen molar-refractivity contribution in [2.24, 2.45) is 7.05 Å². The number of ether oxygens (including phenoxy) is 3. The first-order valence-electron chi connectivity index (χ1n) is 6.84. The molecule has 0 fully saturated rings. The summed E-state index contributed by atoms with van der Waals surface area (Å²) < 4.78 is 17.3. The SMILES string of the molecule is COC(=O)Cc1nn(C)c(C)c1-c1cccc(OC)c1OC. The smallest absolute Gasteiger partial charge is 0.311 e. The van der Waals surface area contributed by atoms with E-state index in [9.17, 15) is 4.79 Å². The van der Waals surface area contributed by atoms with Gasteiger partial charge >= 0.3 is 5.97 Å². The molecule has 6 heteroatoms. The van der Waals surface area contributed by atoms with Crippen molar-refractivity contribution in [1.29, 1.82) is 0 Å². The summed E-state index contributed by atoms with van der Waals surface area (Å²) in [5.74, 6) is 0.917. The fraction of sp³-hybridized carbons (Fsp3) is 0.375. The zero-order valence-corrected chi connectivity index (χ0v) is 13.5. The zero-order chi connectivity index (χ0) is 16.3. The minimum Gasteiger partial charge on any atom is -0.493 e. The summed E-state index contributed by atoms with van der Waals surface area (Å²) in [7, 11) is 6.39. The van der Waals surface area contributed by atoms with Gasteiger partial charge in [-0.2, -0.15) is 5.10 Å². The van der Waals surface area contributed by atoms with Crippen LogP contribution in [-0.4, -0.2) is 37.1 Å². The van der Waals surface area contributed by atoms with Crippen molar-refractivity contribution in [2.45, 2.75) is 13.3 Å². The van der Waals surface area contributed by atoms with E-state index in [-0.39, 0.29) is 12.4 Å². The number of para-hydroxylation sites is 1. The average Bonchev–Trinajstić information content (AvgIpc) is 2.80. The first-order valence-corrected chi connectivity index (χ1v) is 6.84. The average molecular weight is 304 g/mol. The molecule has 1 aromatic carbocycles. The highest BCUT2D eigenvalue weighted by molar-refractivity contribution is 5.81. The number of benzene rings is 1. The molecule has 0 spiro atoms. The van der Waals surface area contributed by atoms with E-state index in [1.165, 1.54) is 7.11 Å². The lowest BCUT2D eigenvalue weighted by molar-refractivity contribution is -0.139. The summed E-state index contributed by atoms with van der Waals surface area (Å²) in [5.41, 5.74) is 3.29. The Kier molecular flexibility index (Phi) is 4.70. The number of nitrogens with zero attached hydrogens (tertiary/aromatic N) is 2. The van der Waals surface area contributed by atoms with E-state index in [2.05, 4.69) is 5.10 Å². The van der Waals surface area contributed by atoms with Crippen LogP contribution >= 0.6 is 0 Å². The Labute approximate surface area is 129 Å². The van der Waals surface area contributed by atoms with Crippen LogP contribution in [0.2, 0.25) is 0 Å². The maximum Gasteiger partial charge on any atom is 0.311 e. The Bertz CT molecular complexity index is 692. The second-order valence-electron chi connectivity index (χ2n) is 4.82. The van der Waals surface area contributed by atoms with Gasteiger partial charge in [0.05, 0.1) is 33.4 Å². The molecule has 0 bridgehead atoms. The molecule has 22 heavy (non-hydrogen) atoms. The molecule has 118 valence electrons. The molecule has 6 nitrogen and oxygen atoms in total. The summed E-state index contributed by atoms with van der Waals surface area (Å²) >= 11 is 0. The van der Waals surface area contributed by atoms with Gasteiger partial charge in [0.2, 0.25) is 0 Å². The molecule has 0 aliphatic carbocycles. The standard InChI is InChI=1S/C16H20N2O4/c1-10-15(12(17-18(10)2)9-14(19)21-4)11-7-6-8-13(20-3)16(11)22-5/h6-8H,9H2,1-5H3. The number of aromatic nitrogens is 2. The van der Waals surface area contributed by atoms with E-state index in [0.29, 0.717) is 17.2 Å². The molecule has 0 radical (unpaired) electrons. The molecule has 2 rings (SSSR count). The second kappa shape index (κ2) is 6.51. The minimum absolute atomic E-state index is 0.105. The second-order valence-corrected chi connectivity index (χ2v) is 4.82. The fourth-order valence-electron chi connectivity index (χ4n) is 2.44. The third-order valence-electron chi connectivity index (χ3n) is 3.62. The normalized spacial score (nSPS) is 10.4. The van der Waals surface area contributed by atoms with Gasteiger partial charge in [0.15, 0.2) is 11.5 Å². The van der Waals surface area contributed by atoms with E-state index in [4.69, 9.17) is 14.2 Å². The Balaban J connectivity index is 2.64. The van der Waals surface area contributed by atoms with Crippen LogP contribution in [0.15, 0.2) is 18.2 Å². The maximum absolute atomic E-state index is 11.6. The molecule has 1 heterocycles. The summed E-state index contributed by atoms with van der Waals surface area (Å²) in [4.78, 5) is 11.6. The lowest BCUT2D eigenvalue weighted by Gasteiger charge is -2.13. The Morgan fingerprint density at radius 3 is 2.55 bits per heavy atom. The van der Waals surface area contributed by atoms with Crippen molar-refractivity contribution >= 4 is 5.97 Å². The van der Waals surface area contributed by atoms with E-state index in [1.54, 1.807) is 18.9 Å². The highest BCUT2D eigenvalue weighted by Gasteiger charge is 2.22. The quantitative estimate of drug-likeness (QED) is 0.792. The van der Waals surface area contributed by atoms with Crippen LogP contribution < -0.4 is 9.47 Å². The predicted octanol–water partition coefficient (Wildman–Crippen LogP) is 2.13. The number of rotatable bonds is 5. The van der Waals surface area contributed by atoms with Crippen LogP contribution in [0, 0.1) is 6.92 Å². The van der Waals surface area contributed by atoms with Crippen LogP contribution in [0.5, 0.6) is 11.5 Å². The van der Waals surface area contributed by atoms with Crippen LogP contribution in [0.25, 0.3) is 11.1 Å². The first kappa shape index (κ1) is 15.9. The van der Waals surface area contributed by atoms with Crippen molar-refractivity contribution in [3.63, 3.8) is 0 Å². The number of carbonyl (C=O) groups is 1. The number of carbonyl (C=O) groups excluding carboxylic acids is 1. The Hall–Kier alpha value is -2.50. The van der Waals surface area contributed by atoms with Crippen LogP contribution in [-0.2, 0) is 23.0 Å². The summed E-state index contributed by atoms with van der Waals surface area (Å²) in [6, 6.07) is 5.63. The molecule has 0 aliphatic heterocycles.